The molecule has 3 N–H and O–H groups in total. The summed E-state index contributed by atoms with van der Waals surface area (Å²) in [6, 6.07) is 9.43. The van der Waals surface area contributed by atoms with Crippen LogP contribution >= 0.6 is 11.6 Å². The number of aromatic hydroxyl groups is 1. The number of β-amino-alcohol motifs (C(OH)–C–C–N with tert-alkyl or cyclic N) is 1. The van der Waals surface area contributed by atoms with Gasteiger partial charge in [0.25, 0.3) is 6.01 Å². The highest BCUT2D eigenvalue weighted by atomic mass is 35.5. The number of aromatic nitrogens is 3. The van der Waals surface area contributed by atoms with E-state index in [0.717, 1.165) is 24.2 Å². The standard InChI is InChI=1S/C16H15ClN4O2/c17-12-7-13-15(20-16(23)18-13)19-14(12)9-1-3-10(4-2-9)21-6-5-11(22)8-21/h1-4,7,11,22H,5-6,8H2,(H2,18,19,20,23)/t11-/m0/s1. The number of aromatic amines is 1. The van der Waals surface area contributed by atoms with Crippen LogP contribution in [-0.4, -0.2) is 44.4 Å². The minimum Gasteiger partial charge on any atom is -0.480 e. The lowest BCUT2D eigenvalue weighted by Crippen LogP contribution is -2.20. The largest absolute Gasteiger partial charge is 0.480 e. The first-order valence-corrected chi connectivity index (χ1v) is 7.76. The Morgan fingerprint density at radius 2 is 2.00 bits per heavy atom. The van der Waals surface area contributed by atoms with Gasteiger partial charge in [-0.3, -0.25) is 0 Å². The number of benzene rings is 1. The Morgan fingerprint density at radius 1 is 1.22 bits per heavy atom. The van der Waals surface area contributed by atoms with E-state index in [1.54, 1.807) is 6.07 Å². The quantitative estimate of drug-likeness (QED) is 0.672. The van der Waals surface area contributed by atoms with Gasteiger partial charge in [-0.05, 0) is 24.6 Å². The van der Waals surface area contributed by atoms with Gasteiger partial charge in [-0.15, -0.1) is 0 Å². The maximum absolute atomic E-state index is 9.63. The third-order valence-corrected chi connectivity index (χ3v) is 4.37. The number of anilines is 1. The Bertz CT molecular complexity index is 862. The zero-order valence-corrected chi connectivity index (χ0v) is 13.0. The van der Waals surface area contributed by atoms with Crippen molar-refractivity contribution in [3.05, 3.63) is 35.4 Å². The van der Waals surface area contributed by atoms with Crippen LogP contribution in [0.4, 0.5) is 5.69 Å². The van der Waals surface area contributed by atoms with Gasteiger partial charge in [-0.25, -0.2) is 4.98 Å². The fourth-order valence-electron chi connectivity index (χ4n) is 2.91. The summed E-state index contributed by atoms with van der Waals surface area (Å²) in [6.07, 6.45) is 0.551. The average molecular weight is 331 g/mol. The highest BCUT2D eigenvalue weighted by molar-refractivity contribution is 6.33. The highest BCUT2D eigenvalue weighted by Gasteiger charge is 2.20. The van der Waals surface area contributed by atoms with Gasteiger partial charge in [0.15, 0.2) is 5.65 Å². The van der Waals surface area contributed by atoms with E-state index in [1.165, 1.54) is 0 Å². The first kappa shape index (κ1) is 14.3. The molecule has 4 rings (SSSR count). The number of nitrogens with one attached hydrogen (secondary N) is 1. The predicted octanol–water partition coefficient (Wildman–Crippen LogP) is 2.55. The number of H-pyrrole nitrogens is 1. The molecular weight excluding hydrogens is 316 g/mol. The first-order chi connectivity index (χ1) is 11.1. The number of rotatable bonds is 2. The van der Waals surface area contributed by atoms with Crippen molar-refractivity contribution < 1.29 is 10.2 Å². The van der Waals surface area contributed by atoms with Crippen LogP contribution in [0.2, 0.25) is 5.02 Å². The lowest BCUT2D eigenvalue weighted by molar-refractivity contribution is 0.198. The third-order valence-electron chi connectivity index (χ3n) is 4.08. The normalized spacial score (nSPS) is 18.0. The van der Waals surface area contributed by atoms with Crippen LogP contribution in [0.25, 0.3) is 22.4 Å². The Kier molecular flexibility index (Phi) is 3.36. The molecule has 1 saturated heterocycles. The molecule has 1 aromatic carbocycles. The SMILES string of the molecule is Oc1nc2nc(-c3ccc(N4CC[C@H](O)C4)cc3)c(Cl)cc2[nH]1. The summed E-state index contributed by atoms with van der Waals surface area (Å²) in [5.41, 5.74) is 3.59. The molecule has 0 radical (unpaired) electrons. The van der Waals surface area contributed by atoms with Crippen molar-refractivity contribution in [2.75, 3.05) is 18.0 Å². The molecule has 3 aromatic rings. The maximum Gasteiger partial charge on any atom is 0.293 e. The number of nitrogens with zero attached hydrogens (tertiary/aromatic N) is 3. The van der Waals surface area contributed by atoms with Crippen molar-refractivity contribution >= 4 is 28.5 Å². The Morgan fingerprint density at radius 3 is 2.70 bits per heavy atom. The lowest BCUT2D eigenvalue weighted by Gasteiger charge is -2.18. The van der Waals surface area contributed by atoms with Crippen molar-refractivity contribution in [3.8, 4) is 17.3 Å². The fourth-order valence-corrected chi connectivity index (χ4v) is 3.17. The summed E-state index contributed by atoms with van der Waals surface area (Å²) >= 11 is 6.30. The van der Waals surface area contributed by atoms with E-state index < -0.39 is 0 Å². The molecule has 0 aliphatic carbocycles. The number of pyridine rings is 1. The number of halogens is 1. The summed E-state index contributed by atoms with van der Waals surface area (Å²) in [7, 11) is 0. The lowest BCUT2D eigenvalue weighted by atomic mass is 10.1. The molecular formula is C16H15ClN4O2. The van der Waals surface area contributed by atoms with Crippen molar-refractivity contribution in [2.45, 2.75) is 12.5 Å². The van der Waals surface area contributed by atoms with Crippen LogP contribution in [0.1, 0.15) is 6.42 Å². The second-order valence-electron chi connectivity index (χ2n) is 5.69. The Labute approximate surface area is 137 Å². The molecule has 0 amide bonds. The summed E-state index contributed by atoms with van der Waals surface area (Å²) in [5, 5.41) is 19.5. The van der Waals surface area contributed by atoms with E-state index in [1.807, 2.05) is 24.3 Å². The topological polar surface area (TPSA) is 85.3 Å². The van der Waals surface area contributed by atoms with Crippen LogP contribution in [0, 0.1) is 0 Å². The second-order valence-corrected chi connectivity index (χ2v) is 6.09. The van der Waals surface area contributed by atoms with Gasteiger partial charge in [0.2, 0.25) is 0 Å². The monoisotopic (exact) mass is 330 g/mol. The Hall–Kier alpha value is -2.31. The van der Waals surface area contributed by atoms with E-state index in [-0.39, 0.29) is 12.1 Å². The summed E-state index contributed by atoms with van der Waals surface area (Å²) in [4.78, 5) is 13.2. The number of hydrogen-bond donors (Lipinski definition) is 3. The van der Waals surface area contributed by atoms with Crippen molar-refractivity contribution in [1.29, 1.82) is 0 Å². The van der Waals surface area contributed by atoms with Crippen LogP contribution in [0.3, 0.4) is 0 Å². The van der Waals surface area contributed by atoms with Gasteiger partial charge in [-0.1, -0.05) is 23.7 Å². The molecule has 3 heterocycles. The molecule has 1 aliphatic rings. The Balaban J connectivity index is 1.68. The molecule has 118 valence electrons. The van der Waals surface area contributed by atoms with Crippen molar-refractivity contribution in [2.24, 2.45) is 0 Å². The molecule has 0 bridgehead atoms. The number of fused-ring (bicyclic) bond motifs is 1. The molecule has 1 aliphatic heterocycles. The summed E-state index contributed by atoms with van der Waals surface area (Å²) in [5.74, 6) is 0. The first-order valence-electron chi connectivity index (χ1n) is 7.39. The van der Waals surface area contributed by atoms with Gasteiger partial charge >= 0.3 is 0 Å². The van der Waals surface area contributed by atoms with Crippen molar-refractivity contribution in [3.63, 3.8) is 0 Å². The van der Waals surface area contributed by atoms with Gasteiger partial charge in [0.1, 0.15) is 0 Å². The third kappa shape index (κ3) is 2.60. The molecule has 2 aromatic heterocycles. The summed E-state index contributed by atoms with van der Waals surface area (Å²) < 4.78 is 0. The van der Waals surface area contributed by atoms with E-state index in [4.69, 9.17) is 11.6 Å². The minimum atomic E-state index is -0.250. The predicted molar refractivity (Wildman–Crippen MR) is 88.8 cm³/mol. The summed E-state index contributed by atoms with van der Waals surface area (Å²) in [6.45, 7) is 1.52. The van der Waals surface area contributed by atoms with Crippen LogP contribution < -0.4 is 4.90 Å². The van der Waals surface area contributed by atoms with E-state index in [2.05, 4.69) is 19.9 Å². The molecule has 7 heteroatoms. The maximum atomic E-state index is 9.63. The smallest absolute Gasteiger partial charge is 0.293 e. The van der Waals surface area contributed by atoms with Crippen molar-refractivity contribution in [1.82, 2.24) is 15.0 Å². The molecule has 1 atom stereocenters. The number of aliphatic hydroxyl groups is 1. The molecule has 0 saturated carbocycles. The van der Waals surface area contributed by atoms with E-state index in [0.29, 0.717) is 28.4 Å². The second kappa shape index (κ2) is 5.40. The fraction of sp³-hybridized carbons (Fsp3) is 0.250. The zero-order valence-electron chi connectivity index (χ0n) is 12.2. The number of imidazole rings is 1. The van der Waals surface area contributed by atoms with Gasteiger partial charge in [-0.2, -0.15) is 4.98 Å². The van der Waals surface area contributed by atoms with E-state index in [9.17, 15) is 10.2 Å². The van der Waals surface area contributed by atoms with Gasteiger partial charge in [0.05, 0.1) is 22.3 Å². The highest BCUT2D eigenvalue weighted by Crippen LogP contribution is 2.31. The number of hydrogen-bond acceptors (Lipinski definition) is 5. The number of aliphatic hydroxyl groups excluding tert-OH is 1. The molecule has 23 heavy (non-hydrogen) atoms. The molecule has 1 fully saturated rings. The van der Waals surface area contributed by atoms with Crippen LogP contribution in [-0.2, 0) is 0 Å². The van der Waals surface area contributed by atoms with Crippen LogP contribution in [0.5, 0.6) is 6.01 Å². The van der Waals surface area contributed by atoms with Gasteiger partial charge < -0.3 is 20.1 Å². The average Bonchev–Trinajstić information content (AvgIpc) is 3.11. The van der Waals surface area contributed by atoms with E-state index >= 15 is 0 Å². The molecule has 0 unspecified atom stereocenters. The van der Waals surface area contributed by atoms with Crippen LogP contribution in [0.15, 0.2) is 30.3 Å². The minimum absolute atomic E-state index is 0.177. The van der Waals surface area contributed by atoms with Gasteiger partial charge in [0, 0.05) is 24.3 Å². The molecule has 6 nitrogen and oxygen atoms in total. The zero-order chi connectivity index (χ0) is 16.0. The molecule has 0 spiro atoms.